The van der Waals surface area contributed by atoms with Gasteiger partial charge in [0, 0.05) is 0 Å². The molecule has 0 aliphatic heterocycles. The summed E-state index contributed by atoms with van der Waals surface area (Å²) in [6.45, 7) is 0. The average molecular weight is 190 g/mol. The highest BCUT2D eigenvalue weighted by Gasteiger charge is 2.22. The molecule has 0 heterocycles. The second kappa shape index (κ2) is 4.96. The van der Waals surface area contributed by atoms with Crippen molar-refractivity contribution in [2.24, 2.45) is 5.73 Å². The highest BCUT2D eigenvalue weighted by molar-refractivity contribution is 5.85. The predicted molar refractivity (Wildman–Crippen MR) is 40.8 cm³/mol. The summed E-state index contributed by atoms with van der Waals surface area (Å²) in [6, 6.07) is -2.35. The molecule has 0 aliphatic carbocycles. The summed E-state index contributed by atoms with van der Waals surface area (Å²) >= 11 is 0. The van der Waals surface area contributed by atoms with E-state index in [1.807, 2.05) is 5.32 Å². The van der Waals surface area contributed by atoms with Crippen molar-refractivity contribution in [3.05, 3.63) is 0 Å². The van der Waals surface area contributed by atoms with Gasteiger partial charge >= 0.3 is 18.0 Å². The molecule has 1 unspecified atom stereocenters. The number of rotatable bonds is 4. The van der Waals surface area contributed by atoms with Crippen LogP contribution < -0.4 is 11.1 Å². The first-order valence-corrected chi connectivity index (χ1v) is 3.33. The third-order valence-corrected chi connectivity index (χ3v) is 1.21. The summed E-state index contributed by atoms with van der Waals surface area (Å²) in [6.07, 6.45) is -0.450. The standard InChI is InChI=1S/C6H10N2O5/c1-13-4(9)2-3(5(10)11)8-6(7)12/h3H,2H2,1H3,(H,10,11)(H3,7,8,12). The maximum Gasteiger partial charge on any atom is 0.326 e. The van der Waals surface area contributed by atoms with Crippen LogP contribution in [0, 0.1) is 0 Å². The molecule has 0 radical (unpaired) electrons. The van der Waals surface area contributed by atoms with Crippen molar-refractivity contribution < 1.29 is 24.2 Å². The number of ether oxygens (including phenoxy) is 1. The van der Waals surface area contributed by atoms with E-state index >= 15 is 0 Å². The lowest BCUT2D eigenvalue weighted by Crippen LogP contribution is -2.44. The Morgan fingerprint density at radius 2 is 2.08 bits per heavy atom. The third kappa shape index (κ3) is 4.62. The van der Waals surface area contributed by atoms with Crippen LogP contribution in [0.25, 0.3) is 0 Å². The normalized spacial score (nSPS) is 11.5. The number of nitrogens with one attached hydrogen (secondary N) is 1. The van der Waals surface area contributed by atoms with Gasteiger partial charge in [0.1, 0.15) is 6.04 Å². The maximum atomic E-state index is 10.6. The number of carboxylic acids is 1. The van der Waals surface area contributed by atoms with Crippen LogP contribution in [0.1, 0.15) is 6.42 Å². The minimum Gasteiger partial charge on any atom is -0.480 e. The fraction of sp³-hybridized carbons (Fsp3) is 0.500. The van der Waals surface area contributed by atoms with Gasteiger partial charge in [-0.2, -0.15) is 0 Å². The van der Waals surface area contributed by atoms with Crippen molar-refractivity contribution >= 4 is 18.0 Å². The molecule has 0 fully saturated rings. The lowest BCUT2D eigenvalue weighted by Gasteiger charge is -2.10. The summed E-state index contributed by atoms with van der Waals surface area (Å²) in [5, 5.41) is 10.4. The molecule has 7 heteroatoms. The first kappa shape index (κ1) is 11.2. The van der Waals surface area contributed by atoms with Crippen molar-refractivity contribution in [3.63, 3.8) is 0 Å². The summed E-state index contributed by atoms with van der Waals surface area (Å²) in [5.41, 5.74) is 4.68. The first-order chi connectivity index (χ1) is 5.97. The second-order valence-electron chi connectivity index (χ2n) is 2.18. The fourth-order valence-electron chi connectivity index (χ4n) is 0.622. The number of carbonyl (C=O) groups is 3. The number of hydrogen-bond donors (Lipinski definition) is 3. The summed E-state index contributed by atoms with van der Waals surface area (Å²) in [7, 11) is 1.12. The molecule has 0 saturated carbocycles. The summed E-state index contributed by atoms with van der Waals surface area (Å²) in [4.78, 5) is 31.3. The molecular formula is C6H10N2O5. The molecular weight excluding hydrogens is 180 g/mol. The van der Waals surface area contributed by atoms with Gasteiger partial charge in [0.2, 0.25) is 0 Å². The van der Waals surface area contributed by atoms with E-state index in [4.69, 9.17) is 5.11 Å². The minimum absolute atomic E-state index is 0.450. The van der Waals surface area contributed by atoms with E-state index < -0.39 is 30.4 Å². The Bertz CT molecular complexity index is 227. The van der Waals surface area contributed by atoms with Gasteiger partial charge in [-0.1, -0.05) is 0 Å². The molecule has 7 nitrogen and oxygen atoms in total. The van der Waals surface area contributed by atoms with Crippen molar-refractivity contribution in [2.75, 3.05) is 7.11 Å². The lowest BCUT2D eigenvalue weighted by atomic mass is 10.2. The van der Waals surface area contributed by atoms with E-state index in [0.29, 0.717) is 0 Å². The number of aliphatic carboxylic acids is 1. The summed E-state index contributed by atoms with van der Waals surface area (Å²) < 4.78 is 4.22. The molecule has 0 aromatic heterocycles. The zero-order valence-electron chi connectivity index (χ0n) is 6.94. The molecule has 2 amide bonds. The third-order valence-electron chi connectivity index (χ3n) is 1.21. The highest BCUT2D eigenvalue weighted by Crippen LogP contribution is 1.94. The van der Waals surface area contributed by atoms with Gasteiger partial charge < -0.3 is 20.9 Å². The number of carbonyl (C=O) groups excluding carboxylic acids is 2. The Kier molecular flexibility index (Phi) is 4.28. The average Bonchev–Trinajstić information content (AvgIpc) is 2.02. The van der Waals surface area contributed by atoms with Gasteiger partial charge in [-0.15, -0.1) is 0 Å². The van der Waals surface area contributed by atoms with Crippen molar-refractivity contribution in [1.82, 2.24) is 5.32 Å². The second-order valence-corrected chi connectivity index (χ2v) is 2.18. The fourth-order valence-corrected chi connectivity index (χ4v) is 0.622. The van der Waals surface area contributed by atoms with Gasteiger partial charge in [-0.3, -0.25) is 4.79 Å². The number of primary amides is 1. The van der Waals surface area contributed by atoms with Gasteiger partial charge in [0.15, 0.2) is 0 Å². The van der Waals surface area contributed by atoms with Crippen LogP contribution in [-0.2, 0) is 14.3 Å². The predicted octanol–water partition coefficient (Wildman–Crippen LogP) is -1.33. The smallest absolute Gasteiger partial charge is 0.326 e. The zero-order chi connectivity index (χ0) is 10.4. The highest BCUT2D eigenvalue weighted by atomic mass is 16.5. The lowest BCUT2D eigenvalue weighted by molar-refractivity contribution is -0.147. The van der Waals surface area contributed by atoms with Crippen LogP contribution in [-0.4, -0.2) is 36.2 Å². The van der Waals surface area contributed by atoms with Gasteiger partial charge in [-0.25, -0.2) is 9.59 Å². The van der Waals surface area contributed by atoms with Crippen LogP contribution >= 0.6 is 0 Å². The quantitative estimate of drug-likeness (QED) is 0.474. The van der Waals surface area contributed by atoms with E-state index in [1.54, 1.807) is 0 Å². The number of methoxy groups -OCH3 is 1. The number of hydrogen-bond acceptors (Lipinski definition) is 4. The van der Waals surface area contributed by atoms with Gasteiger partial charge in [0.05, 0.1) is 13.5 Å². The number of urea groups is 1. The zero-order valence-corrected chi connectivity index (χ0v) is 6.94. The van der Waals surface area contributed by atoms with Crippen molar-refractivity contribution in [1.29, 1.82) is 0 Å². The van der Waals surface area contributed by atoms with Crippen molar-refractivity contribution in [3.8, 4) is 0 Å². The molecule has 0 saturated heterocycles. The van der Waals surface area contributed by atoms with Crippen LogP contribution in [0.4, 0.5) is 4.79 Å². The molecule has 0 aromatic rings. The number of carboxylic acid groups (broad SMARTS) is 1. The van der Waals surface area contributed by atoms with E-state index in [1.165, 1.54) is 0 Å². The summed E-state index contributed by atoms with van der Waals surface area (Å²) in [5.74, 6) is -2.08. The molecule has 13 heavy (non-hydrogen) atoms. The van der Waals surface area contributed by atoms with E-state index in [0.717, 1.165) is 7.11 Å². The van der Waals surface area contributed by atoms with Gasteiger partial charge in [0.25, 0.3) is 0 Å². The number of esters is 1. The monoisotopic (exact) mass is 190 g/mol. The Balaban J connectivity index is 4.18. The minimum atomic E-state index is -1.34. The molecule has 4 N–H and O–H groups in total. The van der Waals surface area contributed by atoms with Crippen LogP contribution in [0.5, 0.6) is 0 Å². The largest absolute Gasteiger partial charge is 0.480 e. The Hall–Kier alpha value is -1.79. The number of nitrogens with two attached hydrogens (primary N) is 1. The molecule has 1 atom stereocenters. The molecule has 0 aromatic carbocycles. The van der Waals surface area contributed by atoms with E-state index in [9.17, 15) is 14.4 Å². The van der Waals surface area contributed by atoms with E-state index in [-0.39, 0.29) is 0 Å². The Morgan fingerprint density at radius 3 is 2.38 bits per heavy atom. The molecule has 0 bridgehead atoms. The Labute approximate surface area is 73.8 Å². The molecule has 0 spiro atoms. The van der Waals surface area contributed by atoms with Crippen LogP contribution in [0.2, 0.25) is 0 Å². The Morgan fingerprint density at radius 1 is 1.54 bits per heavy atom. The SMILES string of the molecule is COC(=O)CC(NC(N)=O)C(=O)O. The first-order valence-electron chi connectivity index (χ1n) is 3.33. The van der Waals surface area contributed by atoms with E-state index in [2.05, 4.69) is 10.5 Å². The van der Waals surface area contributed by atoms with Crippen molar-refractivity contribution in [2.45, 2.75) is 12.5 Å². The van der Waals surface area contributed by atoms with Crippen LogP contribution in [0.15, 0.2) is 0 Å². The molecule has 0 aliphatic rings. The number of amides is 2. The van der Waals surface area contributed by atoms with Gasteiger partial charge in [-0.05, 0) is 0 Å². The molecule has 74 valence electrons. The maximum absolute atomic E-state index is 10.6. The van der Waals surface area contributed by atoms with Crippen LogP contribution in [0.3, 0.4) is 0 Å². The molecule has 0 rings (SSSR count). The topological polar surface area (TPSA) is 119 Å².